The fraction of sp³-hybridized carbons (Fsp3) is 0.588. The highest BCUT2D eigenvalue weighted by atomic mass is 16.5. The van der Waals surface area contributed by atoms with Crippen molar-refractivity contribution >= 4 is 5.78 Å². The number of carbonyl (C=O) groups excluding carboxylic acids is 1. The van der Waals surface area contributed by atoms with E-state index in [-0.39, 0.29) is 5.78 Å². The predicted octanol–water partition coefficient (Wildman–Crippen LogP) is 2.34. The maximum Gasteiger partial charge on any atom is 0.163 e. The Balaban J connectivity index is 1.87. The summed E-state index contributed by atoms with van der Waals surface area (Å²) in [5.41, 5.74) is 0.669. The van der Waals surface area contributed by atoms with Crippen LogP contribution in [0, 0.1) is 0 Å². The molecule has 1 aliphatic rings. The van der Waals surface area contributed by atoms with Crippen molar-refractivity contribution in [2.24, 2.45) is 0 Å². The third kappa shape index (κ3) is 4.55. The van der Waals surface area contributed by atoms with Crippen molar-refractivity contribution in [3.8, 4) is 5.75 Å². The van der Waals surface area contributed by atoms with Crippen LogP contribution in [0.2, 0.25) is 0 Å². The van der Waals surface area contributed by atoms with E-state index in [0.717, 1.165) is 19.6 Å². The number of carbonyl (C=O) groups is 1. The molecule has 1 heterocycles. The zero-order valence-electron chi connectivity index (χ0n) is 13.1. The molecule has 0 aliphatic carbocycles. The third-order valence-electron chi connectivity index (χ3n) is 4.09. The number of hydrogen-bond acceptors (Lipinski definition) is 4. The smallest absolute Gasteiger partial charge is 0.163 e. The number of likely N-dealkylation sites (tertiary alicyclic amines) is 1. The molecule has 116 valence electrons. The van der Waals surface area contributed by atoms with E-state index in [9.17, 15) is 4.79 Å². The van der Waals surface area contributed by atoms with Gasteiger partial charge in [0.1, 0.15) is 12.4 Å². The van der Waals surface area contributed by atoms with Crippen LogP contribution in [-0.4, -0.2) is 50.0 Å². The topological polar surface area (TPSA) is 41.6 Å². The standard InChI is InChI=1S/C17H26N2O2/c1-14(20)16-8-3-4-9-17(16)21-12-11-19-10-6-5-7-15(19)13-18-2/h3-4,8-9,15,18H,5-7,10-13H2,1-2H3. The Hall–Kier alpha value is -1.39. The van der Waals surface area contributed by atoms with Gasteiger partial charge in [0, 0.05) is 19.1 Å². The molecule has 1 N–H and O–H groups in total. The van der Waals surface area contributed by atoms with E-state index in [4.69, 9.17) is 4.74 Å². The van der Waals surface area contributed by atoms with Crippen molar-refractivity contribution in [2.75, 3.05) is 33.3 Å². The van der Waals surface area contributed by atoms with Crippen LogP contribution in [0.5, 0.6) is 5.75 Å². The largest absolute Gasteiger partial charge is 0.491 e. The van der Waals surface area contributed by atoms with Crippen molar-refractivity contribution in [1.82, 2.24) is 10.2 Å². The minimum absolute atomic E-state index is 0.0524. The fourth-order valence-corrected chi connectivity index (χ4v) is 2.98. The molecule has 4 nitrogen and oxygen atoms in total. The number of benzene rings is 1. The van der Waals surface area contributed by atoms with Gasteiger partial charge in [-0.3, -0.25) is 9.69 Å². The van der Waals surface area contributed by atoms with Crippen LogP contribution in [0.4, 0.5) is 0 Å². The second-order valence-corrected chi connectivity index (χ2v) is 5.64. The molecule has 1 fully saturated rings. The van der Waals surface area contributed by atoms with Crippen molar-refractivity contribution in [1.29, 1.82) is 0 Å². The molecule has 0 spiro atoms. The Morgan fingerprint density at radius 2 is 2.19 bits per heavy atom. The van der Waals surface area contributed by atoms with E-state index in [0.29, 0.717) is 24.0 Å². The summed E-state index contributed by atoms with van der Waals surface area (Å²) in [7, 11) is 2.01. The first-order valence-corrected chi connectivity index (χ1v) is 7.83. The lowest BCUT2D eigenvalue weighted by Gasteiger charge is -2.35. The van der Waals surface area contributed by atoms with Gasteiger partial charge in [0.15, 0.2) is 5.78 Å². The highest BCUT2D eigenvalue weighted by molar-refractivity contribution is 5.96. The van der Waals surface area contributed by atoms with Gasteiger partial charge in [0.25, 0.3) is 0 Å². The third-order valence-corrected chi connectivity index (χ3v) is 4.09. The van der Waals surface area contributed by atoms with E-state index < -0.39 is 0 Å². The molecule has 1 saturated heterocycles. The van der Waals surface area contributed by atoms with E-state index >= 15 is 0 Å². The Bertz CT molecular complexity index is 460. The number of ether oxygens (including phenoxy) is 1. The predicted molar refractivity (Wildman–Crippen MR) is 85.1 cm³/mol. The van der Waals surface area contributed by atoms with Gasteiger partial charge in [0.05, 0.1) is 5.56 Å². The Kier molecular flexibility index (Phi) is 6.21. The quantitative estimate of drug-likeness (QED) is 0.783. The minimum Gasteiger partial charge on any atom is -0.491 e. The first-order valence-electron chi connectivity index (χ1n) is 7.83. The fourth-order valence-electron chi connectivity index (χ4n) is 2.98. The summed E-state index contributed by atoms with van der Waals surface area (Å²) in [4.78, 5) is 14.1. The zero-order chi connectivity index (χ0) is 15.1. The normalized spacial score (nSPS) is 19.4. The second kappa shape index (κ2) is 8.15. The number of para-hydroxylation sites is 1. The maximum absolute atomic E-state index is 11.6. The highest BCUT2D eigenvalue weighted by Crippen LogP contribution is 2.19. The molecule has 0 saturated carbocycles. The number of nitrogens with one attached hydrogen (secondary N) is 1. The van der Waals surface area contributed by atoms with Crippen molar-refractivity contribution in [2.45, 2.75) is 32.2 Å². The van der Waals surface area contributed by atoms with Gasteiger partial charge in [-0.2, -0.15) is 0 Å². The Morgan fingerprint density at radius 1 is 1.38 bits per heavy atom. The molecular weight excluding hydrogens is 264 g/mol. The van der Waals surface area contributed by atoms with Crippen LogP contribution in [0.15, 0.2) is 24.3 Å². The van der Waals surface area contributed by atoms with Crippen LogP contribution in [0.1, 0.15) is 36.5 Å². The SMILES string of the molecule is CNCC1CCCCN1CCOc1ccccc1C(C)=O. The van der Waals surface area contributed by atoms with Crippen molar-refractivity contribution in [3.63, 3.8) is 0 Å². The lowest BCUT2D eigenvalue weighted by atomic mass is 10.0. The van der Waals surface area contributed by atoms with Crippen LogP contribution in [-0.2, 0) is 0 Å². The highest BCUT2D eigenvalue weighted by Gasteiger charge is 2.21. The molecule has 4 heteroatoms. The summed E-state index contributed by atoms with van der Waals surface area (Å²) in [6, 6.07) is 8.08. The number of ketones is 1. The molecule has 1 aromatic carbocycles. The van der Waals surface area contributed by atoms with Gasteiger partial charge < -0.3 is 10.1 Å². The second-order valence-electron chi connectivity index (χ2n) is 5.64. The molecule has 0 radical (unpaired) electrons. The van der Waals surface area contributed by atoms with Crippen LogP contribution in [0.25, 0.3) is 0 Å². The monoisotopic (exact) mass is 290 g/mol. The summed E-state index contributed by atoms with van der Waals surface area (Å²) in [6.45, 7) is 5.30. The average Bonchev–Trinajstić information content (AvgIpc) is 2.49. The summed E-state index contributed by atoms with van der Waals surface area (Å²) in [5.74, 6) is 0.754. The summed E-state index contributed by atoms with van der Waals surface area (Å²) in [5, 5.41) is 3.27. The van der Waals surface area contributed by atoms with Crippen molar-refractivity contribution in [3.05, 3.63) is 29.8 Å². The number of rotatable bonds is 7. The molecule has 0 bridgehead atoms. The molecule has 2 rings (SSSR count). The van der Waals surface area contributed by atoms with E-state index in [1.807, 2.05) is 31.3 Å². The zero-order valence-corrected chi connectivity index (χ0v) is 13.1. The van der Waals surface area contributed by atoms with Crippen LogP contribution < -0.4 is 10.1 Å². The molecule has 1 unspecified atom stereocenters. The van der Waals surface area contributed by atoms with Gasteiger partial charge in [-0.25, -0.2) is 0 Å². The first kappa shape index (κ1) is 16.0. The Morgan fingerprint density at radius 3 is 2.95 bits per heavy atom. The van der Waals surface area contributed by atoms with Crippen LogP contribution in [0.3, 0.4) is 0 Å². The number of Topliss-reactive ketones (excluding diaryl/α,β-unsaturated/α-hetero) is 1. The molecule has 1 aromatic rings. The molecule has 0 amide bonds. The van der Waals surface area contributed by atoms with Crippen LogP contribution >= 0.6 is 0 Å². The summed E-state index contributed by atoms with van der Waals surface area (Å²) in [6.07, 6.45) is 3.84. The summed E-state index contributed by atoms with van der Waals surface area (Å²) < 4.78 is 5.84. The Labute approximate surface area is 127 Å². The molecular formula is C17H26N2O2. The number of piperidine rings is 1. The van der Waals surface area contributed by atoms with Gasteiger partial charge >= 0.3 is 0 Å². The van der Waals surface area contributed by atoms with E-state index in [1.165, 1.54) is 19.3 Å². The molecule has 21 heavy (non-hydrogen) atoms. The minimum atomic E-state index is 0.0524. The summed E-state index contributed by atoms with van der Waals surface area (Å²) >= 11 is 0. The maximum atomic E-state index is 11.6. The van der Waals surface area contributed by atoms with Crippen molar-refractivity contribution < 1.29 is 9.53 Å². The van der Waals surface area contributed by atoms with E-state index in [1.54, 1.807) is 6.92 Å². The average molecular weight is 290 g/mol. The van der Waals surface area contributed by atoms with Gasteiger partial charge in [-0.15, -0.1) is 0 Å². The van der Waals surface area contributed by atoms with E-state index in [2.05, 4.69) is 10.2 Å². The number of nitrogens with zero attached hydrogens (tertiary/aromatic N) is 1. The number of hydrogen-bond donors (Lipinski definition) is 1. The van der Waals surface area contributed by atoms with Gasteiger partial charge in [0.2, 0.25) is 0 Å². The van der Waals surface area contributed by atoms with Gasteiger partial charge in [-0.1, -0.05) is 18.6 Å². The molecule has 1 atom stereocenters. The molecule has 1 aliphatic heterocycles. The number of likely N-dealkylation sites (N-methyl/N-ethyl adjacent to an activating group) is 1. The molecule has 0 aromatic heterocycles. The lowest BCUT2D eigenvalue weighted by molar-refractivity contribution is 0.100. The first-order chi connectivity index (χ1) is 10.2. The lowest BCUT2D eigenvalue weighted by Crippen LogP contribution is -2.46. The van der Waals surface area contributed by atoms with Gasteiger partial charge in [-0.05, 0) is 45.5 Å².